The van der Waals surface area contributed by atoms with Crippen molar-refractivity contribution < 1.29 is 23.8 Å². The first-order chi connectivity index (χ1) is 18.4. The predicted molar refractivity (Wildman–Crippen MR) is 148 cm³/mol. The van der Waals surface area contributed by atoms with Gasteiger partial charge in [-0.1, -0.05) is 24.3 Å². The van der Waals surface area contributed by atoms with E-state index in [1.165, 1.54) is 11.3 Å². The van der Waals surface area contributed by atoms with Gasteiger partial charge in [-0.15, -0.1) is 11.3 Å². The summed E-state index contributed by atoms with van der Waals surface area (Å²) < 4.78 is 16.1. The van der Waals surface area contributed by atoms with Crippen LogP contribution in [0.25, 0.3) is 11.3 Å². The van der Waals surface area contributed by atoms with Crippen molar-refractivity contribution in [2.75, 3.05) is 25.6 Å². The summed E-state index contributed by atoms with van der Waals surface area (Å²) in [5.41, 5.74) is 5.36. The Hall–Kier alpha value is -4.11. The lowest BCUT2D eigenvalue weighted by molar-refractivity contribution is -0.139. The molecule has 198 valence electrons. The lowest BCUT2D eigenvalue weighted by Gasteiger charge is -2.30. The van der Waals surface area contributed by atoms with Crippen molar-refractivity contribution in [1.82, 2.24) is 10.3 Å². The van der Waals surface area contributed by atoms with Crippen molar-refractivity contribution in [1.29, 1.82) is 0 Å². The van der Waals surface area contributed by atoms with E-state index in [2.05, 4.69) is 10.6 Å². The third-order valence-electron chi connectivity index (χ3n) is 6.09. The van der Waals surface area contributed by atoms with E-state index in [0.29, 0.717) is 27.7 Å². The number of anilines is 2. The third kappa shape index (κ3) is 5.73. The molecule has 0 saturated carbocycles. The SMILES string of the molecule is CCOC(=O)C1=C(C)NC(C)=C(C(=O)OCC)C1c1cccc(Nc2nc(-c3cccc(OC)c3)cs2)c1. The number of allylic oxidation sites excluding steroid dienone is 2. The summed E-state index contributed by atoms with van der Waals surface area (Å²) in [6, 6.07) is 15.3. The summed E-state index contributed by atoms with van der Waals surface area (Å²) in [6.07, 6.45) is 0. The zero-order valence-corrected chi connectivity index (χ0v) is 22.9. The summed E-state index contributed by atoms with van der Waals surface area (Å²) in [6.45, 7) is 7.57. The van der Waals surface area contributed by atoms with Crippen LogP contribution < -0.4 is 15.4 Å². The molecule has 0 bridgehead atoms. The average molecular weight is 534 g/mol. The number of rotatable bonds is 9. The molecule has 1 aromatic heterocycles. The summed E-state index contributed by atoms with van der Waals surface area (Å²) in [5, 5.41) is 9.21. The second-order valence-corrected chi connectivity index (χ2v) is 9.45. The highest BCUT2D eigenvalue weighted by atomic mass is 32.1. The number of hydrogen-bond acceptors (Lipinski definition) is 9. The van der Waals surface area contributed by atoms with Crippen molar-refractivity contribution in [3.8, 4) is 17.0 Å². The zero-order valence-electron chi connectivity index (χ0n) is 22.1. The van der Waals surface area contributed by atoms with Gasteiger partial charge in [-0.25, -0.2) is 14.6 Å². The minimum atomic E-state index is -0.653. The topological polar surface area (TPSA) is 98.8 Å². The van der Waals surface area contributed by atoms with Gasteiger partial charge in [0.15, 0.2) is 5.13 Å². The number of carbonyl (C=O) groups excluding carboxylic acids is 2. The molecule has 38 heavy (non-hydrogen) atoms. The Labute approximate surface area is 226 Å². The van der Waals surface area contributed by atoms with Crippen LogP contribution in [0.1, 0.15) is 39.2 Å². The van der Waals surface area contributed by atoms with E-state index < -0.39 is 17.9 Å². The molecule has 2 N–H and O–H groups in total. The Morgan fingerprint density at radius 3 is 2.26 bits per heavy atom. The summed E-state index contributed by atoms with van der Waals surface area (Å²) in [5.74, 6) is -0.836. The molecule has 0 radical (unpaired) electrons. The number of methoxy groups -OCH3 is 1. The van der Waals surface area contributed by atoms with E-state index >= 15 is 0 Å². The van der Waals surface area contributed by atoms with Crippen molar-refractivity contribution >= 4 is 34.1 Å². The van der Waals surface area contributed by atoms with Crippen LogP contribution in [0.15, 0.2) is 76.5 Å². The van der Waals surface area contributed by atoms with Crippen molar-refractivity contribution in [2.45, 2.75) is 33.6 Å². The van der Waals surface area contributed by atoms with Crippen LogP contribution in [0, 0.1) is 0 Å². The predicted octanol–water partition coefficient (Wildman–Crippen LogP) is 5.92. The lowest BCUT2D eigenvalue weighted by Crippen LogP contribution is -2.32. The zero-order chi connectivity index (χ0) is 27.2. The number of nitrogens with zero attached hydrogens (tertiary/aromatic N) is 1. The van der Waals surface area contributed by atoms with E-state index in [1.807, 2.05) is 67.8 Å². The largest absolute Gasteiger partial charge is 0.497 e. The molecule has 1 aliphatic rings. The van der Waals surface area contributed by atoms with Gasteiger partial charge >= 0.3 is 11.9 Å². The van der Waals surface area contributed by atoms with Crippen LogP contribution in [0.5, 0.6) is 5.75 Å². The number of aromatic nitrogens is 1. The molecular weight excluding hydrogens is 502 g/mol. The number of dihydropyridines is 1. The lowest BCUT2D eigenvalue weighted by atomic mass is 9.80. The fraction of sp³-hybridized carbons (Fsp3) is 0.276. The standard InChI is InChI=1S/C29H31N3O5S/c1-6-36-27(33)24-17(3)30-18(4)25(28(34)37-7-2)26(24)20-11-8-12-21(14-20)31-29-32-23(16-38-29)19-10-9-13-22(15-19)35-5/h8-16,26,30H,6-7H2,1-5H3,(H,31,32). The minimum absolute atomic E-state index is 0.223. The average Bonchev–Trinajstić information content (AvgIpc) is 3.37. The summed E-state index contributed by atoms with van der Waals surface area (Å²) in [7, 11) is 1.64. The number of benzene rings is 2. The maximum atomic E-state index is 13.1. The van der Waals surface area contributed by atoms with E-state index in [1.54, 1.807) is 21.0 Å². The van der Waals surface area contributed by atoms with Crippen molar-refractivity contribution in [3.63, 3.8) is 0 Å². The smallest absolute Gasteiger partial charge is 0.336 e. The maximum Gasteiger partial charge on any atom is 0.336 e. The van der Waals surface area contributed by atoms with Gasteiger partial charge < -0.3 is 24.8 Å². The number of hydrogen-bond donors (Lipinski definition) is 2. The normalized spacial score (nSPS) is 13.7. The molecule has 0 unspecified atom stereocenters. The Morgan fingerprint density at radius 1 is 0.974 bits per heavy atom. The monoisotopic (exact) mass is 533 g/mol. The van der Waals surface area contributed by atoms with Gasteiger partial charge in [-0.05, 0) is 57.5 Å². The molecule has 2 aromatic carbocycles. The second kappa shape index (κ2) is 12.0. The van der Waals surface area contributed by atoms with Gasteiger partial charge in [0.2, 0.25) is 0 Å². The third-order valence-corrected chi connectivity index (χ3v) is 6.85. The van der Waals surface area contributed by atoms with Crippen LogP contribution >= 0.6 is 11.3 Å². The number of carbonyl (C=O) groups is 2. The molecule has 0 atom stereocenters. The van der Waals surface area contributed by atoms with Gasteiger partial charge in [0.1, 0.15) is 5.75 Å². The van der Waals surface area contributed by atoms with Crippen LogP contribution in [-0.2, 0) is 19.1 Å². The fourth-order valence-electron chi connectivity index (χ4n) is 4.45. The van der Waals surface area contributed by atoms with Gasteiger partial charge in [0.05, 0.1) is 43.1 Å². The fourth-order valence-corrected chi connectivity index (χ4v) is 5.19. The van der Waals surface area contributed by atoms with E-state index in [4.69, 9.17) is 19.2 Å². The Bertz CT molecular complexity index is 1370. The van der Waals surface area contributed by atoms with Crippen molar-refractivity contribution in [2.24, 2.45) is 0 Å². The first kappa shape index (κ1) is 26.9. The number of thiazole rings is 1. The molecule has 0 saturated heterocycles. The number of esters is 2. The molecule has 3 aromatic rings. The minimum Gasteiger partial charge on any atom is -0.497 e. The Morgan fingerprint density at radius 2 is 1.63 bits per heavy atom. The van der Waals surface area contributed by atoms with E-state index in [0.717, 1.165) is 28.3 Å². The maximum absolute atomic E-state index is 13.1. The first-order valence-electron chi connectivity index (χ1n) is 12.4. The Kier molecular flexibility index (Phi) is 8.48. The second-order valence-electron chi connectivity index (χ2n) is 8.60. The Balaban J connectivity index is 1.69. The highest BCUT2D eigenvalue weighted by molar-refractivity contribution is 7.14. The van der Waals surface area contributed by atoms with Crippen molar-refractivity contribution in [3.05, 3.63) is 82.0 Å². The van der Waals surface area contributed by atoms with Gasteiger partial charge in [0, 0.05) is 28.0 Å². The van der Waals surface area contributed by atoms with Gasteiger partial charge in [0.25, 0.3) is 0 Å². The van der Waals surface area contributed by atoms with E-state index in [9.17, 15) is 9.59 Å². The molecule has 4 rings (SSSR count). The highest BCUT2D eigenvalue weighted by Gasteiger charge is 2.38. The number of ether oxygens (including phenoxy) is 3. The molecule has 2 heterocycles. The summed E-state index contributed by atoms with van der Waals surface area (Å²) in [4.78, 5) is 30.8. The molecule has 0 aliphatic carbocycles. The summed E-state index contributed by atoms with van der Waals surface area (Å²) >= 11 is 1.48. The molecule has 0 amide bonds. The first-order valence-corrected chi connectivity index (χ1v) is 13.2. The van der Waals surface area contributed by atoms with Gasteiger partial charge in [-0.3, -0.25) is 0 Å². The van der Waals surface area contributed by atoms with Crippen LogP contribution in [0.3, 0.4) is 0 Å². The molecule has 0 spiro atoms. The molecule has 0 fully saturated rings. The quantitative estimate of drug-likeness (QED) is 0.327. The molecule has 9 heteroatoms. The van der Waals surface area contributed by atoms with E-state index in [-0.39, 0.29) is 13.2 Å². The van der Waals surface area contributed by atoms with Gasteiger partial charge in [-0.2, -0.15) is 0 Å². The van der Waals surface area contributed by atoms with Crippen LogP contribution in [-0.4, -0.2) is 37.2 Å². The number of nitrogens with one attached hydrogen (secondary N) is 2. The van der Waals surface area contributed by atoms with Crippen LogP contribution in [0.4, 0.5) is 10.8 Å². The molecule has 1 aliphatic heterocycles. The molecular formula is C29H31N3O5S. The van der Waals surface area contributed by atoms with Crippen LogP contribution in [0.2, 0.25) is 0 Å². The molecule has 8 nitrogen and oxygen atoms in total. The highest BCUT2D eigenvalue weighted by Crippen LogP contribution is 2.40.